The molecule has 0 aliphatic carbocycles. The Balaban J connectivity index is 5.22. The maximum atomic E-state index is 13.6. The second-order valence-corrected chi connectivity index (χ2v) is 24.3. The predicted octanol–water partition coefficient (Wildman–Crippen LogP) is 20.0. The lowest BCUT2D eigenvalue weighted by atomic mass is 10.1. The lowest BCUT2D eigenvalue weighted by Gasteiger charge is -2.30. The molecule has 1 amide bonds. The molecule has 0 fully saturated rings. The summed E-state index contributed by atoms with van der Waals surface area (Å²) in [5, 5.41) is 3.02. The molecule has 0 rings (SSSR count). The van der Waals surface area contributed by atoms with Crippen molar-refractivity contribution in [2.75, 3.05) is 40.9 Å². The molecule has 0 aromatic carbocycles. The van der Waals surface area contributed by atoms with Gasteiger partial charge in [0.2, 0.25) is 5.91 Å². The molecule has 3 atom stereocenters. The van der Waals surface area contributed by atoms with Gasteiger partial charge in [-0.2, -0.15) is 0 Å². The Morgan fingerprint density at radius 3 is 1.21 bits per heavy atom. The number of carbonyl (C=O) groups is 2. The minimum atomic E-state index is -4.72. The van der Waals surface area contributed by atoms with Crippen LogP contribution in [0.15, 0.2) is 122 Å². The molecule has 0 aromatic rings. The van der Waals surface area contributed by atoms with Gasteiger partial charge >= 0.3 is 5.97 Å². The van der Waals surface area contributed by atoms with Crippen LogP contribution in [0.1, 0.15) is 265 Å². The first-order chi connectivity index (χ1) is 39.4. The smallest absolute Gasteiger partial charge is 0.306 e. The molecular formula is C71H123N2O7P. The number of allylic oxidation sites excluding steroid dienone is 19. The number of amides is 1. The Hall–Kier alpha value is -3.59. The van der Waals surface area contributed by atoms with Crippen molar-refractivity contribution in [3.8, 4) is 0 Å². The molecule has 0 aliphatic rings. The van der Waals surface area contributed by atoms with Crippen LogP contribution in [0.2, 0.25) is 0 Å². The molecule has 0 radical (unpaired) electrons. The van der Waals surface area contributed by atoms with Crippen LogP contribution in [0, 0.1) is 0 Å². The zero-order chi connectivity index (χ0) is 59.3. The number of ether oxygens (including phenoxy) is 1. The molecule has 0 aromatic heterocycles. The monoisotopic (exact) mass is 1150 g/mol. The summed E-state index contributed by atoms with van der Waals surface area (Å²) in [5.41, 5.74) is 0. The number of likely N-dealkylation sites (N-methyl/N-ethyl adjacent to an activating group) is 1. The van der Waals surface area contributed by atoms with Crippen LogP contribution in [0.4, 0.5) is 0 Å². The molecule has 464 valence electrons. The van der Waals surface area contributed by atoms with Gasteiger partial charge in [0.15, 0.2) is 0 Å². The number of hydrogen-bond donors (Lipinski definition) is 1. The minimum absolute atomic E-state index is 0.0346. The average Bonchev–Trinajstić information content (AvgIpc) is 3.43. The van der Waals surface area contributed by atoms with Gasteiger partial charge in [-0.3, -0.25) is 14.2 Å². The van der Waals surface area contributed by atoms with Crippen LogP contribution in [0.25, 0.3) is 0 Å². The third-order valence-electron chi connectivity index (χ3n) is 13.9. The Labute approximate surface area is 499 Å². The van der Waals surface area contributed by atoms with Crippen LogP contribution in [-0.2, 0) is 27.9 Å². The highest BCUT2D eigenvalue weighted by molar-refractivity contribution is 7.45. The number of phosphoric acid groups is 1. The van der Waals surface area contributed by atoms with E-state index < -0.39 is 26.6 Å². The van der Waals surface area contributed by atoms with Crippen LogP contribution in [0.5, 0.6) is 0 Å². The number of carbonyl (C=O) groups excluding carboxylic acids is 2. The molecule has 10 heteroatoms. The van der Waals surface area contributed by atoms with E-state index in [4.69, 9.17) is 13.8 Å². The van der Waals surface area contributed by atoms with E-state index in [9.17, 15) is 19.0 Å². The van der Waals surface area contributed by atoms with Crippen molar-refractivity contribution in [2.24, 2.45) is 0 Å². The van der Waals surface area contributed by atoms with Gasteiger partial charge in [0.1, 0.15) is 19.3 Å². The summed E-state index contributed by atoms with van der Waals surface area (Å²) in [5.74, 6) is -0.582. The standard InChI is InChI=1S/C71H123N2O7P/c1-7-10-13-16-19-22-25-27-29-31-33-35-36-38-39-41-43-45-48-51-54-57-60-63-70(74)72-68(67-79-81(76,77)78-66-65-73(4,5)6)69(62-59-56-53-50-47-24-21-18-15-12-9-3)80-71(75)64-61-58-55-52-49-46-44-42-40-37-34-32-30-28-26-23-20-17-14-11-8-2/h11,14,19-20,22-23,27-30,33-35,37-39,42,44,59,62,68-69H,7-10,12-13,15-18,21,24-26,31-32,36,40-41,43,45-58,60-61,63-67H2,1-6H3,(H-,72,74,76,77)/b14-11-,22-19-,23-20-,29-27-,30-28-,35-33-,37-34-,39-38-,44-42-,62-59+. The number of nitrogens with one attached hydrogen (secondary N) is 1. The van der Waals surface area contributed by atoms with E-state index in [0.29, 0.717) is 23.9 Å². The molecule has 0 saturated heterocycles. The molecule has 0 bridgehead atoms. The van der Waals surface area contributed by atoms with Crippen LogP contribution < -0.4 is 10.2 Å². The van der Waals surface area contributed by atoms with Gasteiger partial charge in [-0.05, 0) is 122 Å². The van der Waals surface area contributed by atoms with Crippen molar-refractivity contribution in [2.45, 2.75) is 277 Å². The SMILES string of the molecule is CC/C=C\C/C=C\C/C=C\C/C=C\C/C=C\CCCCCCCC(=O)OC(/C=C/CCCCCCCCCCC)C(COP(=O)([O-])OCC[N+](C)(C)C)NC(=O)CCCCCCCCC/C=C\C/C=C\C/C=C\C/C=C\CCCCC. The topological polar surface area (TPSA) is 114 Å². The first-order valence-electron chi connectivity index (χ1n) is 32.8. The first kappa shape index (κ1) is 77.4. The highest BCUT2D eigenvalue weighted by Crippen LogP contribution is 2.38. The maximum Gasteiger partial charge on any atom is 0.306 e. The summed E-state index contributed by atoms with van der Waals surface area (Å²) in [6.45, 7) is 6.67. The Morgan fingerprint density at radius 1 is 0.444 bits per heavy atom. The number of nitrogens with zero attached hydrogens (tertiary/aromatic N) is 1. The summed E-state index contributed by atoms with van der Waals surface area (Å²) in [7, 11) is 1.15. The van der Waals surface area contributed by atoms with Crippen molar-refractivity contribution in [1.82, 2.24) is 5.32 Å². The maximum absolute atomic E-state index is 13.6. The third kappa shape index (κ3) is 60.8. The zero-order valence-corrected chi connectivity index (χ0v) is 53.8. The van der Waals surface area contributed by atoms with E-state index in [2.05, 4.69) is 135 Å². The lowest BCUT2D eigenvalue weighted by molar-refractivity contribution is -0.870. The largest absolute Gasteiger partial charge is 0.756 e. The normalized spacial score (nSPS) is 14.4. The predicted molar refractivity (Wildman–Crippen MR) is 348 cm³/mol. The Bertz CT molecular complexity index is 1800. The van der Waals surface area contributed by atoms with E-state index >= 15 is 0 Å². The molecule has 0 spiro atoms. The van der Waals surface area contributed by atoms with Crippen LogP contribution in [0.3, 0.4) is 0 Å². The van der Waals surface area contributed by atoms with Crippen molar-refractivity contribution in [3.63, 3.8) is 0 Å². The van der Waals surface area contributed by atoms with Gasteiger partial charge < -0.3 is 28.5 Å². The lowest BCUT2D eigenvalue weighted by Crippen LogP contribution is -2.47. The van der Waals surface area contributed by atoms with E-state index in [0.717, 1.165) is 135 Å². The fraction of sp³-hybridized carbons (Fsp3) is 0.690. The Kier molecular flexibility index (Phi) is 56.9. The summed E-state index contributed by atoms with van der Waals surface area (Å²) in [6.07, 6.45) is 83.1. The second kappa shape index (κ2) is 59.6. The third-order valence-corrected chi connectivity index (χ3v) is 14.8. The van der Waals surface area contributed by atoms with Crippen molar-refractivity contribution in [1.29, 1.82) is 0 Å². The van der Waals surface area contributed by atoms with Crippen molar-refractivity contribution >= 4 is 19.7 Å². The van der Waals surface area contributed by atoms with Gasteiger partial charge in [0, 0.05) is 12.8 Å². The number of phosphoric ester groups is 1. The van der Waals surface area contributed by atoms with Crippen LogP contribution in [-0.4, -0.2) is 69.4 Å². The molecule has 0 heterocycles. The summed E-state index contributed by atoms with van der Waals surface area (Å²) >= 11 is 0. The number of hydrogen-bond acceptors (Lipinski definition) is 7. The first-order valence-corrected chi connectivity index (χ1v) is 34.3. The average molecular weight is 1150 g/mol. The van der Waals surface area contributed by atoms with Crippen LogP contribution >= 0.6 is 7.82 Å². The molecule has 3 unspecified atom stereocenters. The number of esters is 1. The van der Waals surface area contributed by atoms with Gasteiger partial charge in [0.05, 0.1) is 33.8 Å². The van der Waals surface area contributed by atoms with Gasteiger partial charge in [0.25, 0.3) is 7.82 Å². The van der Waals surface area contributed by atoms with Crippen molar-refractivity contribution in [3.05, 3.63) is 122 Å². The summed E-state index contributed by atoms with van der Waals surface area (Å²) < 4.78 is 30.3. The molecule has 81 heavy (non-hydrogen) atoms. The van der Waals surface area contributed by atoms with E-state index in [1.54, 1.807) is 0 Å². The van der Waals surface area contributed by atoms with Crippen molar-refractivity contribution < 1.29 is 37.3 Å². The fourth-order valence-corrected chi connectivity index (χ4v) is 9.55. The van der Waals surface area contributed by atoms with E-state index in [1.807, 2.05) is 33.3 Å². The summed E-state index contributed by atoms with van der Waals surface area (Å²) in [6, 6.07) is -0.911. The van der Waals surface area contributed by atoms with Gasteiger partial charge in [-0.15, -0.1) is 0 Å². The van der Waals surface area contributed by atoms with E-state index in [-0.39, 0.29) is 24.9 Å². The number of unbranched alkanes of at least 4 members (excludes halogenated alkanes) is 24. The second-order valence-electron chi connectivity index (χ2n) is 22.9. The van der Waals surface area contributed by atoms with E-state index in [1.165, 1.54) is 89.9 Å². The highest BCUT2D eigenvalue weighted by atomic mass is 31.2. The summed E-state index contributed by atoms with van der Waals surface area (Å²) in [4.78, 5) is 40.1. The highest BCUT2D eigenvalue weighted by Gasteiger charge is 2.27. The Morgan fingerprint density at radius 2 is 0.790 bits per heavy atom. The number of quaternary nitrogens is 1. The van der Waals surface area contributed by atoms with Gasteiger partial charge in [-0.1, -0.05) is 252 Å². The molecule has 0 saturated carbocycles. The molecule has 9 nitrogen and oxygen atoms in total. The molecule has 1 N–H and O–H groups in total. The fourth-order valence-electron chi connectivity index (χ4n) is 8.83. The minimum Gasteiger partial charge on any atom is -0.756 e. The molecular weight excluding hydrogens is 1020 g/mol. The zero-order valence-electron chi connectivity index (χ0n) is 52.9. The van der Waals surface area contributed by atoms with Gasteiger partial charge in [-0.25, -0.2) is 0 Å². The quantitative estimate of drug-likeness (QED) is 0.0212. The molecule has 0 aliphatic heterocycles. The number of rotatable bonds is 58.